The van der Waals surface area contributed by atoms with Crippen molar-refractivity contribution in [1.82, 2.24) is 0 Å². The van der Waals surface area contributed by atoms with Crippen LogP contribution in [0.1, 0.15) is 0 Å². The Kier molecular flexibility index (Phi) is 0.751. The fourth-order valence-electron chi connectivity index (χ4n) is 0.389. The van der Waals surface area contributed by atoms with Crippen LogP contribution in [-0.4, -0.2) is 4.81 Å². The van der Waals surface area contributed by atoms with Gasteiger partial charge in [0.1, 0.15) is 12.4 Å². The van der Waals surface area contributed by atoms with Gasteiger partial charge in [0.2, 0.25) is 0 Å². The molecule has 0 N–H and O–H groups in total. The minimum atomic E-state index is -1.61. The second-order valence-electron chi connectivity index (χ2n) is 1.33. The number of nitrogens with zero attached hydrogens (tertiary/aromatic N) is 1. The first-order valence-corrected chi connectivity index (χ1v) is 1.88. The van der Waals surface area contributed by atoms with Gasteiger partial charge in [-0.1, -0.05) is 0 Å². The van der Waals surface area contributed by atoms with E-state index in [0.29, 0.717) is 0 Å². The van der Waals surface area contributed by atoms with Crippen molar-refractivity contribution in [3.63, 3.8) is 0 Å². The average Bonchev–Trinajstić information content (AvgIpc) is 1.84. The molecule has 0 aromatic carbocycles. The van der Waals surface area contributed by atoms with Gasteiger partial charge < -0.3 is 15.2 Å². The summed E-state index contributed by atoms with van der Waals surface area (Å²) in [5.41, 5.74) is 0. The molecule has 0 bridgehead atoms. The lowest BCUT2D eigenvalue weighted by atomic mass is 10.6. The summed E-state index contributed by atoms with van der Waals surface area (Å²) in [6.45, 7) is 0. The molecule has 3 nitrogen and oxygen atoms in total. The normalized spacial score (nSPS) is 23.7. The zero-order valence-corrected chi connectivity index (χ0v) is 3.57. The van der Waals surface area contributed by atoms with E-state index in [2.05, 4.69) is 0 Å². The van der Waals surface area contributed by atoms with Crippen molar-refractivity contribution in [1.29, 1.82) is 0 Å². The van der Waals surface area contributed by atoms with Crippen molar-refractivity contribution in [2.24, 2.45) is 0 Å². The van der Waals surface area contributed by atoms with Gasteiger partial charge in [0, 0.05) is 0 Å². The highest BCUT2D eigenvalue weighted by Crippen LogP contribution is 2.08. The second-order valence-corrected chi connectivity index (χ2v) is 1.33. The van der Waals surface area contributed by atoms with Crippen molar-refractivity contribution >= 4 is 0 Å². The van der Waals surface area contributed by atoms with Gasteiger partial charge in [-0.15, -0.1) is 0 Å². The number of hydroxylamine groups is 4. The Morgan fingerprint density at radius 3 is 1.57 bits per heavy atom. The molecule has 0 aromatic rings. The van der Waals surface area contributed by atoms with E-state index in [-0.39, 0.29) is 0 Å². The van der Waals surface area contributed by atoms with Crippen LogP contribution < -0.4 is 0 Å². The fraction of sp³-hybridized carbons (Fsp3) is 0. The van der Waals surface area contributed by atoms with E-state index in [1.165, 1.54) is 12.2 Å². The molecule has 0 aromatic heterocycles. The maximum absolute atomic E-state index is 10.1. The quantitative estimate of drug-likeness (QED) is 0.333. The van der Waals surface area contributed by atoms with Crippen molar-refractivity contribution in [3.8, 4) is 0 Å². The van der Waals surface area contributed by atoms with E-state index in [1.54, 1.807) is 0 Å². The summed E-state index contributed by atoms with van der Waals surface area (Å²) in [4.78, 5) is -1.61. The summed E-state index contributed by atoms with van der Waals surface area (Å²) in [5.74, 6) is 0. The van der Waals surface area contributed by atoms with Gasteiger partial charge in [-0.2, -0.15) is 0 Å². The van der Waals surface area contributed by atoms with E-state index < -0.39 is 4.81 Å². The van der Waals surface area contributed by atoms with Gasteiger partial charge in [0.25, 0.3) is 0 Å². The molecular formula is C4H4NO2-. The van der Waals surface area contributed by atoms with Gasteiger partial charge >= 0.3 is 0 Å². The topological polar surface area (TPSA) is 46.1 Å². The van der Waals surface area contributed by atoms with Crippen LogP contribution in [0.15, 0.2) is 24.6 Å². The molecule has 0 spiro atoms. The maximum atomic E-state index is 10.1. The number of rotatable bonds is 0. The number of quaternary nitrogens is 1. The van der Waals surface area contributed by atoms with Crippen LogP contribution >= 0.6 is 0 Å². The molecule has 3 heteroatoms. The summed E-state index contributed by atoms with van der Waals surface area (Å²) >= 11 is 0. The maximum Gasteiger partial charge on any atom is 0.101 e. The van der Waals surface area contributed by atoms with Crippen LogP contribution in [0.5, 0.6) is 0 Å². The van der Waals surface area contributed by atoms with Crippen LogP contribution in [0, 0.1) is 10.4 Å². The Morgan fingerprint density at radius 1 is 1.00 bits per heavy atom. The zero-order chi connectivity index (χ0) is 5.33. The fourth-order valence-corrected chi connectivity index (χ4v) is 0.389. The first-order valence-electron chi connectivity index (χ1n) is 1.88. The molecule has 7 heavy (non-hydrogen) atoms. The van der Waals surface area contributed by atoms with E-state index in [1.807, 2.05) is 0 Å². The van der Waals surface area contributed by atoms with Crippen molar-refractivity contribution in [2.45, 2.75) is 0 Å². The smallest absolute Gasteiger partial charge is 0.101 e. The standard InChI is InChI=1S/C4H4NO2/c6-5(7)3-1-2-4-5/h1-4H/q-1. The third-order valence-corrected chi connectivity index (χ3v) is 0.699. The first kappa shape index (κ1) is 4.52. The molecule has 0 unspecified atom stereocenters. The number of hydrogen-bond acceptors (Lipinski definition) is 2. The van der Waals surface area contributed by atoms with Crippen LogP contribution in [0.25, 0.3) is 0 Å². The minimum Gasteiger partial charge on any atom is -0.621 e. The Morgan fingerprint density at radius 2 is 1.43 bits per heavy atom. The SMILES string of the molecule is [O-][N+]1([O-])C=CC=C1. The molecule has 0 atom stereocenters. The summed E-state index contributed by atoms with van der Waals surface area (Å²) in [5, 5.41) is 20.2. The summed E-state index contributed by atoms with van der Waals surface area (Å²) in [6.07, 6.45) is 4.89. The molecule has 0 radical (unpaired) electrons. The van der Waals surface area contributed by atoms with Gasteiger partial charge in [-0.3, -0.25) is 0 Å². The predicted molar refractivity (Wildman–Crippen MR) is 25.3 cm³/mol. The number of allylic oxidation sites excluding steroid dienone is 2. The second kappa shape index (κ2) is 1.16. The molecule has 0 saturated heterocycles. The average molecular weight is 98.1 g/mol. The van der Waals surface area contributed by atoms with Gasteiger partial charge in [-0.25, -0.2) is 0 Å². The minimum absolute atomic E-state index is 1.01. The van der Waals surface area contributed by atoms with Gasteiger partial charge in [0.05, 0.1) is 0 Å². The largest absolute Gasteiger partial charge is 0.621 e. The molecule has 0 fully saturated rings. The predicted octanol–water partition coefficient (Wildman–Crippen LogP) is 0.840. The van der Waals surface area contributed by atoms with Crippen LogP contribution in [0.4, 0.5) is 0 Å². The Labute approximate surface area is 40.9 Å². The van der Waals surface area contributed by atoms with Gasteiger partial charge in [0.15, 0.2) is 0 Å². The highest BCUT2D eigenvalue weighted by atomic mass is 16.8. The third-order valence-electron chi connectivity index (χ3n) is 0.699. The molecule has 1 rings (SSSR count). The van der Waals surface area contributed by atoms with Crippen molar-refractivity contribution in [3.05, 3.63) is 35.0 Å². The molecule has 0 saturated carbocycles. The zero-order valence-electron chi connectivity index (χ0n) is 3.57. The molecular weight excluding hydrogens is 94.0 g/mol. The highest BCUT2D eigenvalue weighted by Gasteiger charge is 1.95. The summed E-state index contributed by atoms with van der Waals surface area (Å²) in [6, 6.07) is 0. The highest BCUT2D eigenvalue weighted by molar-refractivity contribution is 5.04. The third kappa shape index (κ3) is 0.866. The lowest BCUT2D eigenvalue weighted by molar-refractivity contribution is -0.713. The molecule has 1 aliphatic rings. The van der Waals surface area contributed by atoms with E-state index >= 15 is 0 Å². The molecule has 1 aliphatic heterocycles. The monoisotopic (exact) mass is 98.0 g/mol. The van der Waals surface area contributed by atoms with E-state index in [0.717, 1.165) is 12.4 Å². The van der Waals surface area contributed by atoms with Crippen molar-refractivity contribution in [2.75, 3.05) is 0 Å². The summed E-state index contributed by atoms with van der Waals surface area (Å²) in [7, 11) is 0. The van der Waals surface area contributed by atoms with E-state index in [4.69, 9.17) is 0 Å². The van der Waals surface area contributed by atoms with Crippen molar-refractivity contribution < 1.29 is 4.81 Å². The van der Waals surface area contributed by atoms with Crippen LogP contribution in [0.3, 0.4) is 0 Å². The molecule has 38 valence electrons. The molecule has 1 heterocycles. The molecule has 0 aliphatic carbocycles. The molecule has 0 amide bonds. The lowest BCUT2D eigenvalue weighted by Gasteiger charge is -2.36. The van der Waals surface area contributed by atoms with Crippen LogP contribution in [-0.2, 0) is 0 Å². The number of hydrogen-bond donors (Lipinski definition) is 0. The Hall–Kier alpha value is -0.640. The summed E-state index contributed by atoms with van der Waals surface area (Å²) < 4.78 is 0. The Bertz CT molecular complexity index is 112. The Balaban J connectivity index is 2.77. The first-order chi connectivity index (χ1) is 3.21. The lowest BCUT2D eigenvalue weighted by Crippen LogP contribution is -2.17. The van der Waals surface area contributed by atoms with E-state index in [9.17, 15) is 10.4 Å². The van der Waals surface area contributed by atoms with Gasteiger partial charge in [-0.05, 0) is 12.2 Å². The van der Waals surface area contributed by atoms with Crippen LogP contribution in [0.2, 0.25) is 0 Å².